The van der Waals surface area contributed by atoms with Crippen LogP contribution in [-0.2, 0) is 9.59 Å². The van der Waals surface area contributed by atoms with E-state index in [2.05, 4.69) is 6.92 Å². The standard InChI is InChI=1S/C8H16N2O2/c1-2-3-4-5-8(9)10(6-11)7-12/h6-8H,2-5,9H2,1H3. The van der Waals surface area contributed by atoms with Crippen LogP contribution in [0, 0.1) is 0 Å². The Balaban J connectivity index is 3.60. The van der Waals surface area contributed by atoms with Gasteiger partial charge in [-0.1, -0.05) is 26.2 Å². The normalized spacial score (nSPS) is 12.2. The first-order chi connectivity index (χ1) is 5.76. The van der Waals surface area contributed by atoms with E-state index in [1.54, 1.807) is 0 Å². The molecule has 0 aromatic carbocycles. The van der Waals surface area contributed by atoms with Crippen molar-refractivity contribution in [1.82, 2.24) is 4.90 Å². The molecule has 1 unspecified atom stereocenters. The third kappa shape index (κ3) is 4.08. The Morgan fingerprint density at radius 1 is 1.33 bits per heavy atom. The van der Waals surface area contributed by atoms with Gasteiger partial charge in [0.2, 0.25) is 12.8 Å². The van der Waals surface area contributed by atoms with Crippen LogP contribution in [0.4, 0.5) is 0 Å². The molecule has 4 heteroatoms. The zero-order valence-electron chi connectivity index (χ0n) is 7.40. The van der Waals surface area contributed by atoms with Crippen molar-refractivity contribution in [3.63, 3.8) is 0 Å². The molecule has 0 radical (unpaired) electrons. The van der Waals surface area contributed by atoms with Crippen molar-refractivity contribution in [3.05, 3.63) is 0 Å². The summed E-state index contributed by atoms with van der Waals surface area (Å²) in [5.41, 5.74) is 5.54. The number of imide groups is 1. The van der Waals surface area contributed by atoms with Gasteiger partial charge in [-0.05, 0) is 6.42 Å². The smallest absolute Gasteiger partial charge is 0.217 e. The molecular formula is C8H16N2O2. The Labute approximate surface area is 72.7 Å². The molecule has 0 bridgehead atoms. The van der Waals surface area contributed by atoms with Crippen molar-refractivity contribution >= 4 is 12.8 Å². The number of amides is 2. The molecule has 0 aromatic rings. The maximum atomic E-state index is 10.2. The molecule has 1 atom stereocenters. The molecule has 70 valence electrons. The van der Waals surface area contributed by atoms with Crippen molar-refractivity contribution in [2.75, 3.05) is 0 Å². The van der Waals surface area contributed by atoms with Crippen molar-refractivity contribution < 1.29 is 9.59 Å². The molecule has 0 aliphatic carbocycles. The zero-order chi connectivity index (χ0) is 9.40. The van der Waals surface area contributed by atoms with E-state index in [1.807, 2.05) is 0 Å². The molecule has 0 aliphatic rings. The maximum absolute atomic E-state index is 10.2. The summed E-state index contributed by atoms with van der Waals surface area (Å²) in [6.07, 6.45) is 4.30. The number of rotatable bonds is 7. The summed E-state index contributed by atoms with van der Waals surface area (Å²) in [5, 5.41) is 0. The fourth-order valence-electron chi connectivity index (χ4n) is 0.934. The van der Waals surface area contributed by atoms with Gasteiger partial charge >= 0.3 is 0 Å². The fraction of sp³-hybridized carbons (Fsp3) is 0.750. The molecule has 0 rings (SSSR count). The average Bonchev–Trinajstić information content (AvgIpc) is 2.07. The van der Waals surface area contributed by atoms with Crippen LogP contribution in [0.3, 0.4) is 0 Å². The Bertz CT molecular complexity index is 131. The Morgan fingerprint density at radius 2 is 1.92 bits per heavy atom. The number of hydrogen-bond acceptors (Lipinski definition) is 3. The van der Waals surface area contributed by atoms with Crippen LogP contribution in [0.1, 0.15) is 32.6 Å². The van der Waals surface area contributed by atoms with Gasteiger partial charge in [-0.25, -0.2) is 0 Å². The van der Waals surface area contributed by atoms with E-state index in [9.17, 15) is 9.59 Å². The lowest BCUT2D eigenvalue weighted by molar-refractivity contribution is -0.131. The van der Waals surface area contributed by atoms with E-state index in [4.69, 9.17) is 5.73 Å². The van der Waals surface area contributed by atoms with E-state index >= 15 is 0 Å². The quantitative estimate of drug-likeness (QED) is 0.345. The third-order valence-corrected chi connectivity index (χ3v) is 1.73. The lowest BCUT2D eigenvalue weighted by Crippen LogP contribution is -2.40. The molecule has 0 heterocycles. The zero-order valence-corrected chi connectivity index (χ0v) is 7.40. The molecule has 0 aliphatic heterocycles. The van der Waals surface area contributed by atoms with Crippen LogP contribution in [0.5, 0.6) is 0 Å². The van der Waals surface area contributed by atoms with Gasteiger partial charge in [0, 0.05) is 0 Å². The van der Waals surface area contributed by atoms with Crippen molar-refractivity contribution in [2.45, 2.75) is 38.8 Å². The number of hydrogen-bond donors (Lipinski definition) is 1. The number of carbonyl (C=O) groups is 2. The van der Waals surface area contributed by atoms with Crippen LogP contribution in [0.2, 0.25) is 0 Å². The van der Waals surface area contributed by atoms with Crippen molar-refractivity contribution in [3.8, 4) is 0 Å². The highest BCUT2D eigenvalue weighted by Gasteiger charge is 2.09. The molecule has 2 amide bonds. The summed E-state index contributed by atoms with van der Waals surface area (Å²) in [6, 6.07) is 0. The SMILES string of the molecule is CCCCCC(N)N(C=O)C=O. The van der Waals surface area contributed by atoms with Gasteiger partial charge in [-0.3, -0.25) is 14.5 Å². The van der Waals surface area contributed by atoms with Crippen LogP contribution >= 0.6 is 0 Å². The summed E-state index contributed by atoms with van der Waals surface area (Å²) in [7, 11) is 0. The fourth-order valence-corrected chi connectivity index (χ4v) is 0.934. The summed E-state index contributed by atoms with van der Waals surface area (Å²) >= 11 is 0. The van der Waals surface area contributed by atoms with Gasteiger partial charge < -0.3 is 5.73 Å². The highest BCUT2D eigenvalue weighted by Crippen LogP contribution is 2.02. The maximum Gasteiger partial charge on any atom is 0.217 e. The lowest BCUT2D eigenvalue weighted by atomic mass is 10.2. The molecule has 12 heavy (non-hydrogen) atoms. The Kier molecular flexibility index (Phi) is 6.28. The van der Waals surface area contributed by atoms with Crippen LogP contribution in [-0.4, -0.2) is 23.9 Å². The van der Waals surface area contributed by atoms with Crippen LogP contribution < -0.4 is 5.73 Å². The van der Waals surface area contributed by atoms with E-state index in [0.29, 0.717) is 19.2 Å². The van der Waals surface area contributed by atoms with Crippen molar-refractivity contribution in [1.29, 1.82) is 0 Å². The van der Waals surface area contributed by atoms with E-state index in [-0.39, 0.29) is 0 Å². The lowest BCUT2D eigenvalue weighted by Gasteiger charge is -2.17. The van der Waals surface area contributed by atoms with Gasteiger partial charge in [0.15, 0.2) is 0 Å². The minimum Gasteiger partial charge on any atom is -0.311 e. The summed E-state index contributed by atoms with van der Waals surface area (Å²) in [5.74, 6) is 0. The number of unbranched alkanes of at least 4 members (excludes halogenated alkanes) is 2. The predicted octanol–water partition coefficient (Wildman–Crippen LogP) is 0.466. The van der Waals surface area contributed by atoms with Crippen LogP contribution in [0.25, 0.3) is 0 Å². The van der Waals surface area contributed by atoms with Gasteiger partial charge in [0.05, 0.1) is 6.17 Å². The van der Waals surface area contributed by atoms with E-state index in [1.165, 1.54) is 0 Å². The van der Waals surface area contributed by atoms with Gasteiger partial charge in [-0.15, -0.1) is 0 Å². The number of carbonyl (C=O) groups excluding carboxylic acids is 2. The third-order valence-electron chi connectivity index (χ3n) is 1.73. The molecular weight excluding hydrogens is 156 g/mol. The minimum absolute atomic E-state index is 0.452. The van der Waals surface area contributed by atoms with E-state index in [0.717, 1.165) is 24.2 Å². The topological polar surface area (TPSA) is 63.4 Å². The summed E-state index contributed by atoms with van der Waals surface area (Å²) in [4.78, 5) is 21.4. The first-order valence-corrected chi connectivity index (χ1v) is 4.19. The molecule has 0 saturated heterocycles. The first kappa shape index (κ1) is 11.1. The second kappa shape index (κ2) is 6.79. The van der Waals surface area contributed by atoms with Gasteiger partial charge in [0.1, 0.15) is 0 Å². The highest BCUT2D eigenvalue weighted by molar-refractivity contribution is 5.68. The minimum atomic E-state index is -0.452. The monoisotopic (exact) mass is 172 g/mol. The molecule has 2 N–H and O–H groups in total. The largest absolute Gasteiger partial charge is 0.311 e. The van der Waals surface area contributed by atoms with Gasteiger partial charge in [-0.2, -0.15) is 0 Å². The summed E-state index contributed by atoms with van der Waals surface area (Å²) in [6.45, 7) is 2.09. The van der Waals surface area contributed by atoms with Crippen molar-refractivity contribution in [2.24, 2.45) is 5.73 Å². The van der Waals surface area contributed by atoms with Gasteiger partial charge in [0.25, 0.3) is 0 Å². The highest BCUT2D eigenvalue weighted by atomic mass is 16.2. The summed E-state index contributed by atoms with van der Waals surface area (Å²) < 4.78 is 0. The Hall–Kier alpha value is -0.900. The molecule has 0 fully saturated rings. The Morgan fingerprint density at radius 3 is 2.33 bits per heavy atom. The number of nitrogens with two attached hydrogens (primary N) is 1. The van der Waals surface area contributed by atoms with Crippen LogP contribution in [0.15, 0.2) is 0 Å². The molecule has 0 spiro atoms. The van der Waals surface area contributed by atoms with E-state index < -0.39 is 6.17 Å². The second-order valence-electron chi connectivity index (χ2n) is 2.72. The second-order valence-corrected chi connectivity index (χ2v) is 2.72. The predicted molar refractivity (Wildman–Crippen MR) is 46.1 cm³/mol. The molecule has 0 saturated carbocycles. The molecule has 0 aromatic heterocycles. The number of nitrogens with zero attached hydrogens (tertiary/aromatic N) is 1. The first-order valence-electron chi connectivity index (χ1n) is 4.19. The molecule has 4 nitrogen and oxygen atoms in total. The average molecular weight is 172 g/mol.